The van der Waals surface area contributed by atoms with Crippen LogP contribution in [0.25, 0.3) is 22.3 Å². The van der Waals surface area contributed by atoms with Crippen LogP contribution in [-0.4, -0.2) is 58.2 Å². The zero-order valence-corrected chi connectivity index (χ0v) is 17.0. The van der Waals surface area contributed by atoms with Crippen LogP contribution in [0.5, 0.6) is 5.75 Å². The second kappa shape index (κ2) is 8.67. The number of carbonyl (C=O) groups is 1. The van der Waals surface area contributed by atoms with E-state index in [0.717, 1.165) is 23.1 Å². The predicted octanol–water partition coefficient (Wildman–Crippen LogP) is 2.18. The molecule has 1 fully saturated rings. The van der Waals surface area contributed by atoms with Crippen molar-refractivity contribution in [3.63, 3.8) is 0 Å². The van der Waals surface area contributed by atoms with E-state index < -0.39 is 6.10 Å². The van der Waals surface area contributed by atoms with Gasteiger partial charge in [-0.05, 0) is 18.6 Å². The third kappa shape index (κ3) is 3.93. The molecule has 0 radical (unpaired) electrons. The summed E-state index contributed by atoms with van der Waals surface area (Å²) in [6, 6.07) is 14.5. The van der Waals surface area contributed by atoms with Gasteiger partial charge in [0, 0.05) is 37.1 Å². The summed E-state index contributed by atoms with van der Waals surface area (Å²) < 4.78 is 0. The van der Waals surface area contributed by atoms with Crippen molar-refractivity contribution < 1.29 is 15.0 Å². The number of aliphatic hydroxyl groups is 1. The highest BCUT2D eigenvalue weighted by atomic mass is 16.3. The standard InChI is InChI=1S/C23H26N4O3/c1-2-7-20(29)23(30)27-14-12-26(13-15-27)22-16-8-3-5-10-18(16)24-21(25-22)17-9-4-6-11-19(17)28/h3-6,8-11,20,28-29H,2,7,12-15H2,1H3/p-1. The van der Waals surface area contributed by atoms with Crippen molar-refractivity contribution in [3.05, 3.63) is 48.5 Å². The molecule has 0 spiro atoms. The molecule has 1 unspecified atom stereocenters. The van der Waals surface area contributed by atoms with Gasteiger partial charge in [0.2, 0.25) is 0 Å². The highest BCUT2D eigenvalue weighted by Crippen LogP contribution is 2.30. The van der Waals surface area contributed by atoms with Gasteiger partial charge in [0.1, 0.15) is 11.9 Å². The maximum absolute atomic E-state index is 12.4. The number of amides is 1. The number of benzene rings is 2. The van der Waals surface area contributed by atoms with E-state index in [1.54, 1.807) is 23.1 Å². The summed E-state index contributed by atoms with van der Waals surface area (Å²) >= 11 is 0. The molecule has 3 aromatic rings. The molecule has 1 saturated heterocycles. The van der Waals surface area contributed by atoms with Gasteiger partial charge in [-0.15, -0.1) is 0 Å². The molecule has 1 amide bonds. The van der Waals surface area contributed by atoms with Crippen LogP contribution in [0.1, 0.15) is 19.8 Å². The fourth-order valence-electron chi connectivity index (χ4n) is 3.82. The Hall–Kier alpha value is -3.19. The van der Waals surface area contributed by atoms with Gasteiger partial charge in [-0.2, -0.15) is 0 Å². The fraction of sp³-hybridized carbons (Fsp3) is 0.348. The van der Waals surface area contributed by atoms with E-state index in [0.29, 0.717) is 44.0 Å². The van der Waals surface area contributed by atoms with Crippen LogP contribution >= 0.6 is 0 Å². The Balaban J connectivity index is 1.63. The van der Waals surface area contributed by atoms with Crippen LogP contribution in [0.15, 0.2) is 48.5 Å². The number of nitrogens with zero attached hydrogens (tertiary/aromatic N) is 4. The number of anilines is 1. The second-order valence-electron chi connectivity index (χ2n) is 7.50. The van der Waals surface area contributed by atoms with E-state index in [1.807, 2.05) is 31.2 Å². The van der Waals surface area contributed by atoms with E-state index in [-0.39, 0.29) is 11.7 Å². The second-order valence-corrected chi connectivity index (χ2v) is 7.50. The summed E-state index contributed by atoms with van der Waals surface area (Å²) in [6.07, 6.45) is 0.318. The molecule has 2 heterocycles. The van der Waals surface area contributed by atoms with Gasteiger partial charge >= 0.3 is 0 Å². The largest absolute Gasteiger partial charge is 0.872 e. The summed E-state index contributed by atoms with van der Waals surface area (Å²) in [7, 11) is 0. The number of hydrogen-bond donors (Lipinski definition) is 1. The van der Waals surface area contributed by atoms with Crippen molar-refractivity contribution in [1.82, 2.24) is 14.9 Å². The maximum Gasteiger partial charge on any atom is 0.251 e. The van der Waals surface area contributed by atoms with Crippen LogP contribution in [0.3, 0.4) is 0 Å². The monoisotopic (exact) mass is 405 g/mol. The topological polar surface area (TPSA) is 92.6 Å². The van der Waals surface area contributed by atoms with Crippen molar-refractivity contribution in [2.45, 2.75) is 25.9 Å². The Kier molecular flexibility index (Phi) is 5.81. The normalized spacial score (nSPS) is 15.4. The minimum absolute atomic E-state index is 0.112. The molecule has 7 nitrogen and oxygen atoms in total. The van der Waals surface area contributed by atoms with Crippen LogP contribution in [0.2, 0.25) is 0 Å². The first-order valence-corrected chi connectivity index (χ1v) is 10.3. The average Bonchev–Trinajstić information content (AvgIpc) is 2.78. The van der Waals surface area contributed by atoms with Crippen molar-refractivity contribution in [2.24, 2.45) is 0 Å². The smallest absolute Gasteiger partial charge is 0.251 e. The van der Waals surface area contributed by atoms with Gasteiger partial charge in [-0.1, -0.05) is 55.5 Å². The van der Waals surface area contributed by atoms with Crippen LogP contribution in [0.4, 0.5) is 5.82 Å². The Morgan fingerprint density at radius 2 is 1.77 bits per heavy atom. The lowest BCUT2D eigenvalue weighted by Crippen LogP contribution is -2.51. The fourth-order valence-corrected chi connectivity index (χ4v) is 3.82. The molecular weight excluding hydrogens is 380 g/mol. The Bertz CT molecular complexity index is 1050. The number of para-hydroxylation sites is 2. The molecular formula is C23H25N4O3-. The first kappa shape index (κ1) is 20.1. The maximum atomic E-state index is 12.4. The van der Waals surface area contributed by atoms with E-state index in [1.165, 1.54) is 6.07 Å². The number of rotatable bonds is 5. The molecule has 30 heavy (non-hydrogen) atoms. The molecule has 1 aliphatic rings. The van der Waals surface area contributed by atoms with E-state index >= 15 is 0 Å². The number of carbonyl (C=O) groups excluding carboxylic acids is 1. The predicted molar refractivity (Wildman–Crippen MR) is 114 cm³/mol. The molecule has 0 aliphatic carbocycles. The minimum atomic E-state index is -0.929. The van der Waals surface area contributed by atoms with Crippen LogP contribution < -0.4 is 10.0 Å². The third-order valence-electron chi connectivity index (χ3n) is 5.45. The lowest BCUT2D eigenvalue weighted by atomic mass is 10.1. The van der Waals surface area contributed by atoms with Crippen molar-refractivity contribution in [3.8, 4) is 17.1 Å². The van der Waals surface area contributed by atoms with Gasteiger partial charge < -0.3 is 20.0 Å². The summed E-state index contributed by atoms with van der Waals surface area (Å²) in [6.45, 7) is 4.19. The lowest BCUT2D eigenvalue weighted by molar-refractivity contribution is -0.267. The van der Waals surface area contributed by atoms with Crippen LogP contribution in [0, 0.1) is 0 Å². The van der Waals surface area contributed by atoms with Gasteiger partial charge in [0.25, 0.3) is 5.91 Å². The minimum Gasteiger partial charge on any atom is -0.872 e. The summed E-state index contributed by atoms with van der Waals surface area (Å²) in [5.41, 5.74) is 1.25. The number of piperazine rings is 1. The van der Waals surface area contributed by atoms with Gasteiger partial charge in [0.15, 0.2) is 5.82 Å². The highest BCUT2D eigenvalue weighted by molar-refractivity contribution is 5.91. The van der Waals surface area contributed by atoms with E-state index in [4.69, 9.17) is 4.98 Å². The highest BCUT2D eigenvalue weighted by Gasteiger charge is 2.27. The van der Waals surface area contributed by atoms with Crippen molar-refractivity contribution in [2.75, 3.05) is 31.1 Å². The Morgan fingerprint density at radius 1 is 1.07 bits per heavy atom. The van der Waals surface area contributed by atoms with Crippen LogP contribution in [-0.2, 0) is 4.79 Å². The molecule has 0 saturated carbocycles. The average molecular weight is 405 g/mol. The molecule has 156 valence electrons. The SMILES string of the molecule is CCCC(O)C(=O)N1CCN(c2nc(-c3ccccc3[O-])nc3ccccc23)CC1. The number of fused-ring (bicyclic) bond motifs is 1. The zero-order valence-electron chi connectivity index (χ0n) is 17.0. The number of aromatic nitrogens is 2. The van der Waals surface area contributed by atoms with Gasteiger partial charge in [-0.3, -0.25) is 4.79 Å². The summed E-state index contributed by atoms with van der Waals surface area (Å²) in [5, 5.41) is 23.3. The Labute approximate surface area is 175 Å². The molecule has 0 bridgehead atoms. The molecule has 1 aliphatic heterocycles. The lowest BCUT2D eigenvalue weighted by Gasteiger charge is -2.36. The molecule has 1 atom stereocenters. The molecule has 4 rings (SSSR count). The van der Waals surface area contributed by atoms with E-state index in [2.05, 4.69) is 9.88 Å². The van der Waals surface area contributed by atoms with Gasteiger partial charge in [-0.25, -0.2) is 9.97 Å². The Morgan fingerprint density at radius 3 is 2.50 bits per heavy atom. The quantitative estimate of drug-likeness (QED) is 0.699. The molecule has 1 N–H and O–H groups in total. The van der Waals surface area contributed by atoms with Crippen molar-refractivity contribution in [1.29, 1.82) is 0 Å². The molecule has 2 aromatic carbocycles. The first-order valence-electron chi connectivity index (χ1n) is 10.3. The summed E-state index contributed by atoms with van der Waals surface area (Å²) in [4.78, 5) is 25.6. The molecule has 7 heteroatoms. The number of hydrogen-bond acceptors (Lipinski definition) is 6. The van der Waals surface area contributed by atoms with Gasteiger partial charge in [0.05, 0.1) is 5.52 Å². The zero-order chi connectivity index (χ0) is 21.1. The molecule has 1 aromatic heterocycles. The number of aliphatic hydroxyl groups excluding tert-OH is 1. The van der Waals surface area contributed by atoms with E-state index in [9.17, 15) is 15.0 Å². The van der Waals surface area contributed by atoms with Crippen molar-refractivity contribution >= 4 is 22.6 Å². The summed E-state index contributed by atoms with van der Waals surface area (Å²) in [5.74, 6) is 0.857. The third-order valence-corrected chi connectivity index (χ3v) is 5.45. The first-order chi connectivity index (χ1) is 14.6.